The van der Waals surface area contributed by atoms with Crippen LogP contribution in [0.1, 0.15) is 53.4 Å². The molecule has 0 aromatic rings. The Labute approximate surface area is 83.3 Å². The summed E-state index contributed by atoms with van der Waals surface area (Å²) in [6.07, 6.45) is 5.55. The summed E-state index contributed by atoms with van der Waals surface area (Å²) in [5.41, 5.74) is 0.630. The van der Waals surface area contributed by atoms with Crippen LogP contribution in [0.15, 0.2) is 0 Å². The monoisotopic (exact) mass is 183 g/mol. The highest BCUT2D eigenvalue weighted by Gasteiger charge is 2.46. The third-order valence-electron chi connectivity index (χ3n) is 3.53. The fourth-order valence-electron chi connectivity index (χ4n) is 2.48. The molecule has 1 N–H and O–H groups in total. The Morgan fingerprint density at radius 2 is 1.92 bits per heavy atom. The molecule has 2 unspecified atom stereocenters. The van der Waals surface area contributed by atoms with Crippen LogP contribution >= 0.6 is 0 Å². The van der Waals surface area contributed by atoms with Crippen molar-refractivity contribution >= 4 is 0 Å². The first-order chi connectivity index (χ1) is 6.14. The zero-order valence-corrected chi connectivity index (χ0v) is 9.69. The van der Waals surface area contributed by atoms with E-state index in [0.29, 0.717) is 5.41 Å². The van der Waals surface area contributed by atoms with Gasteiger partial charge in [-0.05, 0) is 37.1 Å². The molecule has 13 heavy (non-hydrogen) atoms. The van der Waals surface area contributed by atoms with Crippen molar-refractivity contribution in [1.82, 2.24) is 5.32 Å². The van der Waals surface area contributed by atoms with Crippen molar-refractivity contribution in [3.05, 3.63) is 0 Å². The molecule has 0 aliphatic heterocycles. The van der Waals surface area contributed by atoms with Gasteiger partial charge >= 0.3 is 0 Å². The van der Waals surface area contributed by atoms with Crippen LogP contribution in [0.4, 0.5) is 0 Å². The van der Waals surface area contributed by atoms with Gasteiger partial charge in [-0.3, -0.25) is 0 Å². The Morgan fingerprint density at radius 3 is 2.31 bits per heavy atom. The Bertz CT molecular complexity index is 149. The lowest BCUT2D eigenvalue weighted by Crippen LogP contribution is -2.41. The molecule has 1 rings (SSSR count). The van der Waals surface area contributed by atoms with Crippen LogP contribution < -0.4 is 5.32 Å². The standard InChI is InChI=1S/C12H25N/c1-5-7-10(3)11(13-6-2)12(4)8-9-12/h10-11,13H,5-9H2,1-4H3. The molecule has 0 radical (unpaired) electrons. The van der Waals surface area contributed by atoms with E-state index in [1.165, 1.54) is 25.7 Å². The van der Waals surface area contributed by atoms with Gasteiger partial charge in [0.25, 0.3) is 0 Å². The minimum absolute atomic E-state index is 0.630. The molecule has 1 heteroatoms. The molecule has 1 nitrogen and oxygen atoms in total. The van der Waals surface area contributed by atoms with E-state index in [4.69, 9.17) is 0 Å². The molecule has 1 aliphatic carbocycles. The van der Waals surface area contributed by atoms with Crippen molar-refractivity contribution in [2.45, 2.75) is 59.4 Å². The lowest BCUT2D eigenvalue weighted by atomic mass is 9.85. The van der Waals surface area contributed by atoms with E-state index in [9.17, 15) is 0 Å². The Hall–Kier alpha value is -0.0400. The molecule has 1 saturated carbocycles. The lowest BCUT2D eigenvalue weighted by Gasteiger charge is -2.30. The summed E-state index contributed by atoms with van der Waals surface area (Å²) in [5, 5.41) is 3.67. The van der Waals surface area contributed by atoms with Gasteiger partial charge in [0.15, 0.2) is 0 Å². The van der Waals surface area contributed by atoms with E-state index in [1.54, 1.807) is 0 Å². The highest BCUT2D eigenvalue weighted by Crippen LogP contribution is 2.50. The third-order valence-corrected chi connectivity index (χ3v) is 3.53. The summed E-state index contributed by atoms with van der Waals surface area (Å²) in [5.74, 6) is 0.845. The molecular formula is C12H25N. The van der Waals surface area contributed by atoms with Crippen LogP contribution in [-0.2, 0) is 0 Å². The first-order valence-corrected chi connectivity index (χ1v) is 5.87. The van der Waals surface area contributed by atoms with Gasteiger partial charge in [0.05, 0.1) is 0 Å². The van der Waals surface area contributed by atoms with Crippen molar-refractivity contribution in [3.63, 3.8) is 0 Å². The number of rotatable bonds is 6. The fourth-order valence-corrected chi connectivity index (χ4v) is 2.48. The molecule has 0 amide bonds. The summed E-state index contributed by atoms with van der Waals surface area (Å²) in [6.45, 7) is 10.5. The predicted molar refractivity (Wildman–Crippen MR) is 58.9 cm³/mol. The largest absolute Gasteiger partial charge is 0.313 e. The normalized spacial score (nSPS) is 24.0. The Kier molecular flexibility index (Phi) is 3.78. The lowest BCUT2D eigenvalue weighted by molar-refractivity contribution is 0.258. The van der Waals surface area contributed by atoms with Gasteiger partial charge in [-0.25, -0.2) is 0 Å². The van der Waals surface area contributed by atoms with Crippen molar-refractivity contribution in [2.24, 2.45) is 11.3 Å². The molecule has 0 aromatic heterocycles. The minimum Gasteiger partial charge on any atom is -0.313 e. The second-order valence-corrected chi connectivity index (χ2v) is 4.96. The van der Waals surface area contributed by atoms with E-state index in [1.807, 2.05) is 0 Å². The molecule has 1 aliphatic rings. The topological polar surface area (TPSA) is 12.0 Å². The van der Waals surface area contributed by atoms with E-state index >= 15 is 0 Å². The molecule has 0 heterocycles. The summed E-state index contributed by atoms with van der Waals surface area (Å²) in [4.78, 5) is 0. The van der Waals surface area contributed by atoms with Crippen LogP contribution in [0.3, 0.4) is 0 Å². The van der Waals surface area contributed by atoms with E-state index in [0.717, 1.165) is 18.5 Å². The van der Waals surface area contributed by atoms with Gasteiger partial charge in [-0.2, -0.15) is 0 Å². The van der Waals surface area contributed by atoms with Crippen LogP contribution in [0.2, 0.25) is 0 Å². The summed E-state index contributed by atoms with van der Waals surface area (Å²) >= 11 is 0. The molecule has 2 atom stereocenters. The van der Waals surface area contributed by atoms with Crippen molar-refractivity contribution < 1.29 is 0 Å². The summed E-state index contributed by atoms with van der Waals surface area (Å²) < 4.78 is 0. The Morgan fingerprint density at radius 1 is 1.31 bits per heavy atom. The average molecular weight is 183 g/mol. The van der Waals surface area contributed by atoms with Gasteiger partial charge in [-0.15, -0.1) is 0 Å². The maximum absolute atomic E-state index is 3.67. The number of nitrogens with one attached hydrogen (secondary N) is 1. The van der Waals surface area contributed by atoms with E-state index < -0.39 is 0 Å². The second kappa shape index (κ2) is 4.45. The average Bonchev–Trinajstić information content (AvgIpc) is 2.81. The summed E-state index contributed by atoms with van der Waals surface area (Å²) in [7, 11) is 0. The molecule has 1 fully saturated rings. The van der Waals surface area contributed by atoms with E-state index in [-0.39, 0.29) is 0 Å². The smallest absolute Gasteiger partial charge is 0.0146 e. The van der Waals surface area contributed by atoms with Crippen molar-refractivity contribution in [2.75, 3.05) is 6.54 Å². The van der Waals surface area contributed by atoms with Gasteiger partial charge in [0.2, 0.25) is 0 Å². The third kappa shape index (κ3) is 2.70. The fraction of sp³-hybridized carbons (Fsp3) is 1.00. The van der Waals surface area contributed by atoms with Crippen LogP contribution in [0.5, 0.6) is 0 Å². The number of hydrogen-bond donors (Lipinski definition) is 1. The molecule has 0 saturated heterocycles. The molecule has 78 valence electrons. The van der Waals surface area contributed by atoms with Crippen LogP contribution in [0.25, 0.3) is 0 Å². The predicted octanol–water partition coefficient (Wildman–Crippen LogP) is 3.20. The second-order valence-electron chi connectivity index (χ2n) is 4.96. The molecule has 0 spiro atoms. The van der Waals surface area contributed by atoms with Gasteiger partial charge in [0, 0.05) is 6.04 Å². The minimum atomic E-state index is 0.630. The van der Waals surface area contributed by atoms with Crippen molar-refractivity contribution in [3.8, 4) is 0 Å². The van der Waals surface area contributed by atoms with Crippen LogP contribution in [-0.4, -0.2) is 12.6 Å². The molecule has 0 bridgehead atoms. The van der Waals surface area contributed by atoms with Crippen LogP contribution in [0, 0.1) is 11.3 Å². The highest BCUT2D eigenvalue weighted by molar-refractivity contribution is 5.00. The maximum Gasteiger partial charge on any atom is 0.0146 e. The quantitative estimate of drug-likeness (QED) is 0.667. The SMILES string of the molecule is CCCC(C)C(NCC)C1(C)CC1. The first kappa shape index (κ1) is 11.0. The zero-order chi connectivity index (χ0) is 9.90. The molecular weight excluding hydrogens is 158 g/mol. The van der Waals surface area contributed by atoms with Crippen molar-refractivity contribution in [1.29, 1.82) is 0 Å². The summed E-state index contributed by atoms with van der Waals surface area (Å²) in [6, 6.07) is 0.762. The first-order valence-electron chi connectivity index (χ1n) is 5.87. The van der Waals surface area contributed by atoms with Gasteiger partial charge < -0.3 is 5.32 Å². The number of hydrogen-bond acceptors (Lipinski definition) is 1. The zero-order valence-electron chi connectivity index (χ0n) is 9.69. The van der Waals surface area contributed by atoms with Gasteiger partial charge in [-0.1, -0.05) is 34.1 Å². The molecule has 0 aromatic carbocycles. The Balaban J connectivity index is 2.46. The van der Waals surface area contributed by atoms with Gasteiger partial charge in [0.1, 0.15) is 0 Å². The maximum atomic E-state index is 3.67. The highest BCUT2D eigenvalue weighted by atomic mass is 14.9. The van der Waals surface area contributed by atoms with E-state index in [2.05, 4.69) is 33.0 Å².